The predicted octanol–water partition coefficient (Wildman–Crippen LogP) is 9.43. The summed E-state index contributed by atoms with van der Waals surface area (Å²) in [6.07, 6.45) is -0.529. The molecule has 7 rings (SSSR count). The maximum atomic E-state index is 6.78. The van der Waals surface area contributed by atoms with Gasteiger partial charge in [0.25, 0.3) is 0 Å². The quantitative estimate of drug-likeness (QED) is 0.159. The normalized spacial score (nSPS) is 12.8. The molecule has 1 aromatic heterocycles. The van der Waals surface area contributed by atoms with Crippen LogP contribution in [0.25, 0.3) is 38.6 Å². The van der Waals surface area contributed by atoms with Crippen molar-refractivity contribution in [3.63, 3.8) is 0 Å². The first-order valence-corrected chi connectivity index (χ1v) is 15.1. The summed E-state index contributed by atoms with van der Waals surface area (Å²) in [6, 6.07) is 51.2. The molecule has 4 heteroatoms. The Morgan fingerprint density at radius 2 is 1.20 bits per heavy atom. The molecule has 0 radical (unpaired) electrons. The van der Waals surface area contributed by atoms with Crippen LogP contribution >= 0.6 is 0 Å². The van der Waals surface area contributed by atoms with E-state index in [-0.39, 0.29) is 12.3 Å². The third kappa shape index (κ3) is 5.26. The van der Waals surface area contributed by atoms with Crippen LogP contribution in [0.4, 0.5) is 5.69 Å². The van der Waals surface area contributed by atoms with Gasteiger partial charge in [0.05, 0.1) is 17.2 Å². The van der Waals surface area contributed by atoms with E-state index < -0.39 is 0 Å². The smallest absolute Gasteiger partial charge is 0.105 e. The fourth-order valence-electron chi connectivity index (χ4n) is 6.24. The molecule has 2 atom stereocenters. The maximum absolute atomic E-state index is 6.78. The standard InChI is InChI=1S/C40H36N4/c1-27-13-9-10-18-33(27)35-26-36-34-19-11-12-20-37(34)44(38(36)25-28(35)2)32-23-21-29(22-24-32)39(41)43-40(30-14-5-3-6-15-30)42-31-16-7-4-8-17-31/h3-26,39-40,42-43H,41H2,1-2H3. The summed E-state index contributed by atoms with van der Waals surface area (Å²) in [6.45, 7) is 4.40. The fourth-order valence-corrected chi connectivity index (χ4v) is 6.24. The molecule has 0 saturated carbocycles. The van der Waals surface area contributed by atoms with Crippen LogP contribution in [0.1, 0.15) is 34.6 Å². The largest absolute Gasteiger partial charge is 0.366 e. The number of nitrogens with two attached hydrogens (primary N) is 1. The van der Waals surface area contributed by atoms with Crippen molar-refractivity contribution in [2.75, 3.05) is 5.32 Å². The minimum absolute atomic E-state index is 0.156. The summed E-state index contributed by atoms with van der Waals surface area (Å²) in [5.41, 5.74) is 18.6. The van der Waals surface area contributed by atoms with Crippen molar-refractivity contribution in [3.8, 4) is 16.8 Å². The Morgan fingerprint density at radius 3 is 1.95 bits per heavy atom. The van der Waals surface area contributed by atoms with Crippen LogP contribution in [0.5, 0.6) is 0 Å². The maximum Gasteiger partial charge on any atom is 0.105 e. The molecule has 6 aromatic carbocycles. The topological polar surface area (TPSA) is 55.0 Å². The van der Waals surface area contributed by atoms with Gasteiger partial charge in [-0.15, -0.1) is 0 Å². The molecule has 0 saturated heterocycles. The van der Waals surface area contributed by atoms with E-state index >= 15 is 0 Å². The average molecular weight is 573 g/mol. The highest BCUT2D eigenvalue weighted by Gasteiger charge is 2.18. The number of aryl methyl sites for hydroxylation is 2. The number of hydrogen-bond donors (Lipinski definition) is 3. The molecular formula is C40H36N4. The van der Waals surface area contributed by atoms with Gasteiger partial charge in [-0.25, -0.2) is 0 Å². The highest BCUT2D eigenvalue weighted by Crippen LogP contribution is 2.37. The fraction of sp³-hybridized carbons (Fsp3) is 0.100. The highest BCUT2D eigenvalue weighted by molar-refractivity contribution is 6.11. The van der Waals surface area contributed by atoms with Gasteiger partial charge in [0.15, 0.2) is 0 Å². The summed E-state index contributed by atoms with van der Waals surface area (Å²) < 4.78 is 2.37. The minimum Gasteiger partial charge on any atom is -0.366 e. The van der Waals surface area contributed by atoms with E-state index in [4.69, 9.17) is 5.73 Å². The molecule has 44 heavy (non-hydrogen) atoms. The van der Waals surface area contributed by atoms with Crippen molar-refractivity contribution in [2.45, 2.75) is 26.2 Å². The first-order chi connectivity index (χ1) is 21.6. The SMILES string of the molecule is Cc1ccccc1-c1cc2c3ccccc3n(-c3ccc(C(N)NC(Nc4ccccc4)c4ccccc4)cc3)c2cc1C. The molecule has 0 fully saturated rings. The van der Waals surface area contributed by atoms with E-state index in [9.17, 15) is 0 Å². The van der Waals surface area contributed by atoms with E-state index in [0.29, 0.717) is 0 Å². The number of hydrogen-bond acceptors (Lipinski definition) is 3. The van der Waals surface area contributed by atoms with Gasteiger partial charge in [-0.3, -0.25) is 5.32 Å². The van der Waals surface area contributed by atoms with E-state index in [2.05, 4.69) is 150 Å². The lowest BCUT2D eigenvalue weighted by Gasteiger charge is -2.26. The van der Waals surface area contributed by atoms with Gasteiger partial charge in [-0.05, 0) is 89.7 Å². The lowest BCUT2D eigenvalue weighted by molar-refractivity contribution is 0.487. The van der Waals surface area contributed by atoms with E-state index in [1.807, 2.05) is 24.3 Å². The Labute approximate surface area is 258 Å². The minimum atomic E-state index is -0.373. The second kappa shape index (κ2) is 11.8. The number of anilines is 1. The number of rotatable bonds is 8. The molecule has 4 N–H and O–H groups in total. The van der Waals surface area contributed by atoms with Crippen molar-refractivity contribution in [1.82, 2.24) is 9.88 Å². The lowest BCUT2D eigenvalue weighted by atomic mass is 9.95. The second-order valence-corrected chi connectivity index (χ2v) is 11.4. The van der Waals surface area contributed by atoms with E-state index in [1.165, 1.54) is 44.1 Å². The zero-order valence-corrected chi connectivity index (χ0v) is 25.0. The predicted molar refractivity (Wildman–Crippen MR) is 185 cm³/mol. The molecule has 0 aliphatic carbocycles. The van der Waals surface area contributed by atoms with Crippen molar-refractivity contribution in [2.24, 2.45) is 5.73 Å². The summed E-state index contributed by atoms with van der Waals surface area (Å²) in [7, 11) is 0. The monoisotopic (exact) mass is 572 g/mol. The Kier molecular flexibility index (Phi) is 7.45. The Bertz CT molecular complexity index is 2040. The number of nitrogens with zero attached hydrogens (tertiary/aromatic N) is 1. The number of para-hydroxylation sites is 2. The number of fused-ring (bicyclic) bond motifs is 3. The number of aromatic nitrogens is 1. The summed E-state index contributed by atoms with van der Waals surface area (Å²) in [4.78, 5) is 0. The van der Waals surface area contributed by atoms with Gasteiger partial charge < -0.3 is 15.6 Å². The first-order valence-electron chi connectivity index (χ1n) is 15.1. The van der Waals surface area contributed by atoms with Crippen molar-refractivity contribution in [3.05, 3.63) is 168 Å². The van der Waals surface area contributed by atoms with Crippen molar-refractivity contribution < 1.29 is 0 Å². The number of nitrogens with one attached hydrogen (secondary N) is 2. The van der Waals surface area contributed by atoms with Crippen LogP contribution in [0, 0.1) is 13.8 Å². The second-order valence-electron chi connectivity index (χ2n) is 11.4. The molecule has 0 bridgehead atoms. The van der Waals surface area contributed by atoms with Crippen LogP contribution in [-0.2, 0) is 0 Å². The Morgan fingerprint density at radius 1 is 0.545 bits per heavy atom. The average Bonchev–Trinajstić information content (AvgIpc) is 3.38. The highest BCUT2D eigenvalue weighted by atomic mass is 15.2. The van der Waals surface area contributed by atoms with Gasteiger partial charge >= 0.3 is 0 Å². The first kappa shape index (κ1) is 27.7. The molecule has 0 amide bonds. The van der Waals surface area contributed by atoms with Crippen molar-refractivity contribution in [1.29, 1.82) is 0 Å². The number of benzene rings is 6. The van der Waals surface area contributed by atoms with Gasteiger partial charge in [-0.1, -0.05) is 103 Å². The molecule has 0 aliphatic heterocycles. The van der Waals surface area contributed by atoms with Crippen LogP contribution in [0.15, 0.2) is 146 Å². The molecule has 1 heterocycles. The third-order valence-electron chi connectivity index (χ3n) is 8.53. The van der Waals surface area contributed by atoms with Gasteiger partial charge in [0, 0.05) is 22.1 Å². The summed E-state index contributed by atoms with van der Waals surface area (Å²) in [5, 5.41) is 9.71. The third-order valence-corrected chi connectivity index (χ3v) is 8.53. The molecule has 4 nitrogen and oxygen atoms in total. The zero-order valence-electron chi connectivity index (χ0n) is 25.0. The molecule has 0 spiro atoms. The van der Waals surface area contributed by atoms with Crippen LogP contribution < -0.4 is 16.4 Å². The van der Waals surface area contributed by atoms with Crippen LogP contribution in [0.3, 0.4) is 0 Å². The lowest BCUT2D eigenvalue weighted by Crippen LogP contribution is -2.36. The zero-order chi connectivity index (χ0) is 30.0. The van der Waals surface area contributed by atoms with Crippen LogP contribution in [-0.4, -0.2) is 4.57 Å². The van der Waals surface area contributed by atoms with Gasteiger partial charge in [-0.2, -0.15) is 0 Å². The molecule has 216 valence electrons. The Hall–Kier alpha value is -5.16. The molecule has 7 aromatic rings. The molecule has 2 unspecified atom stereocenters. The van der Waals surface area contributed by atoms with E-state index in [0.717, 1.165) is 22.5 Å². The van der Waals surface area contributed by atoms with Gasteiger partial charge in [0.1, 0.15) is 6.17 Å². The van der Waals surface area contributed by atoms with Crippen LogP contribution in [0.2, 0.25) is 0 Å². The van der Waals surface area contributed by atoms with Crippen molar-refractivity contribution >= 4 is 27.5 Å². The molecular weight excluding hydrogens is 536 g/mol. The van der Waals surface area contributed by atoms with Gasteiger partial charge in [0.2, 0.25) is 0 Å². The molecule has 0 aliphatic rings. The Balaban J connectivity index is 1.23. The summed E-state index contributed by atoms with van der Waals surface area (Å²) in [5.74, 6) is 0. The summed E-state index contributed by atoms with van der Waals surface area (Å²) >= 11 is 0. The van der Waals surface area contributed by atoms with E-state index in [1.54, 1.807) is 0 Å².